The van der Waals surface area contributed by atoms with Crippen molar-refractivity contribution in [3.8, 4) is 5.75 Å². The minimum atomic E-state index is -0.594. The number of benzene rings is 1. The summed E-state index contributed by atoms with van der Waals surface area (Å²) in [5.74, 6) is 0.505. The Bertz CT molecular complexity index is 512. The van der Waals surface area contributed by atoms with Crippen LogP contribution in [0.4, 0.5) is 10.5 Å². The van der Waals surface area contributed by atoms with Gasteiger partial charge in [-0.15, -0.1) is 0 Å². The zero-order valence-electron chi connectivity index (χ0n) is 11.7. The average Bonchev–Trinajstić information content (AvgIpc) is 2.35. The van der Waals surface area contributed by atoms with Crippen LogP contribution < -0.4 is 9.64 Å². The van der Waals surface area contributed by atoms with Crippen LogP contribution in [0.1, 0.15) is 20.8 Å². The summed E-state index contributed by atoms with van der Waals surface area (Å²) < 4.78 is 11.0. The van der Waals surface area contributed by atoms with E-state index in [0.717, 1.165) is 0 Å². The van der Waals surface area contributed by atoms with E-state index in [4.69, 9.17) is 21.1 Å². The SMILES string of the molecule is CC(C)(C)OC(=O)N1CC(CO)Oc2ccc(Cl)cc21. The van der Waals surface area contributed by atoms with Crippen LogP contribution >= 0.6 is 11.6 Å². The van der Waals surface area contributed by atoms with Gasteiger partial charge < -0.3 is 14.6 Å². The molecule has 2 rings (SSSR count). The number of aliphatic hydroxyl groups is 1. The molecule has 1 N–H and O–H groups in total. The number of hydrogen-bond acceptors (Lipinski definition) is 4. The van der Waals surface area contributed by atoms with Crippen LogP contribution in [0.3, 0.4) is 0 Å². The summed E-state index contributed by atoms with van der Waals surface area (Å²) in [7, 11) is 0. The van der Waals surface area contributed by atoms with Gasteiger partial charge in [-0.25, -0.2) is 4.79 Å². The number of carbonyl (C=O) groups is 1. The van der Waals surface area contributed by atoms with Crippen LogP contribution in [-0.2, 0) is 4.74 Å². The third-order valence-corrected chi connectivity index (χ3v) is 2.94. The summed E-state index contributed by atoms with van der Waals surface area (Å²) in [6.45, 7) is 5.44. The van der Waals surface area contributed by atoms with Gasteiger partial charge in [0.15, 0.2) is 0 Å². The van der Waals surface area contributed by atoms with E-state index in [1.807, 2.05) is 0 Å². The van der Waals surface area contributed by atoms with Gasteiger partial charge in [0, 0.05) is 5.02 Å². The monoisotopic (exact) mass is 299 g/mol. The van der Waals surface area contributed by atoms with E-state index in [9.17, 15) is 9.90 Å². The smallest absolute Gasteiger partial charge is 0.415 e. The van der Waals surface area contributed by atoms with Gasteiger partial charge in [0.2, 0.25) is 0 Å². The molecule has 0 aliphatic carbocycles. The Balaban J connectivity index is 2.32. The molecule has 1 aromatic carbocycles. The molecule has 1 aromatic rings. The maximum atomic E-state index is 12.3. The lowest BCUT2D eigenvalue weighted by Crippen LogP contribution is -2.47. The second-order valence-corrected chi connectivity index (χ2v) is 6.06. The lowest BCUT2D eigenvalue weighted by Gasteiger charge is -2.35. The first-order valence-corrected chi connectivity index (χ1v) is 6.75. The number of ether oxygens (including phenoxy) is 2. The van der Waals surface area contributed by atoms with E-state index in [1.54, 1.807) is 39.0 Å². The fourth-order valence-corrected chi connectivity index (χ4v) is 2.07. The second-order valence-electron chi connectivity index (χ2n) is 5.63. The molecule has 0 spiro atoms. The Morgan fingerprint density at radius 1 is 1.55 bits per heavy atom. The Morgan fingerprint density at radius 3 is 2.85 bits per heavy atom. The summed E-state index contributed by atoms with van der Waals surface area (Å²) in [6.07, 6.45) is -0.959. The third-order valence-electron chi connectivity index (χ3n) is 2.71. The molecular formula is C14H18ClNO4. The molecular weight excluding hydrogens is 282 g/mol. The van der Waals surface area contributed by atoms with Crippen molar-refractivity contribution >= 4 is 23.4 Å². The summed E-state index contributed by atoms with van der Waals surface area (Å²) in [5, 5.41) is 9.78. The maximum Gasteiger partial charge on any atom is 0.415 e. The molecule has 0 fully saturated rings. The van der Waals surface area contributed by atoms with Crippen molar-refractivity contribution in [1.29, 1.82) is 0 Å². The van der Waals surface area contributed by atoms with E-state index in [0.29, 0.717) is 16.5 Å². The van der Waals surface area contributed by atoms with Crippen LogP contribution in [0, 0.1) is 0 Å². The number of fused-ring (bicyclic) bond motifs is 1. The van der Waals surface area contributed by atoms with Gasteiger partial charge in [0.05, 0.1) is 18.8 Å². The Kier molecular flexibility index (Phi) is 4.11. The molecule has 20 heavy (non-hydrogen) atoms. The Hall–Kier alpha value is -1.46. The first-order valence-electron chi connectivity index (χ1n) is 6.38. The van der Waals surface area contributed by atoms with Crippen molar-refractivity contribution in [2.75, 3.05) is 18.1 Å². The lowest BCUT2D eigenvalue weighted by atomic mass is 10.2. The first kappa shape index (κ1) is 14.9. The van der Waals surface area contributed by atoms with Crippen molar-refractivity contribution in [3.63, 3.8) is 0 Å². The summed E-state index contributed by atoms with van der Waals surface area (Å²) in [4.78, 5) is 13.7. The Morgan fingerprint density at radius 2 is 2.25 bits per heavy atom. The zero-order chi connectivity index (χ0) is 14.9. The highest BCUT2D eigenvalue weighted by atomic mass is 35.5. The molecule has 0 saturated heterocycles. The molecule has 1 aliphatic heterocycles. The van der Waals surface area contributed by atoms with Gasteiger partial charge in [-0.05, 0) is 39.0 Å². The highest BCUT2D eigenvalue weighted by Gasteiger charge is 2.32. The minimum Gasteiger partial charge on any atom is -0.484 e. The molecule has 1 atom stereocenters. The normalized spacial score (nSPS) is 18.2. The third kappa shape index (κ3) is 3.35. The van der Waals surface area contributed by atoms with Crippen molar-refractivity contribution in [3.05, 3.63) is 23.2 Å². The van der Waals surface area contributed by atoms with Crippen LogP contribution in [-0.4, -0.2) is 36.1 Å². The standard InChI is InChI=1S/C14H18ClNO4/c1-14(2,3)20-13(18)16-7-10(8-17)19-12-5-4-9(15)6-11(12)16/h4-6,10,17H,7-8H2,1-3H3. The van der Waals surface area contributed by atoms with Crippen molar-refractivity contribution in [2.45, 2.75) is 32.5 Å². The molecule has 110 valence electrons. The summed E-state index contributed by atoms with van der Waals surface area (Å²) >= 11 is 5.97. The average molecular weight is 300 g/mol. The molecule has 1 aliphatic rings. The quantitative estimate of drug-likeness (QED) is 0.866. The predicted molar refractivity (Wildman–Crippen MR) is 76.5 cm³/mol. The van der Waals surface area contributed by atoms with Crippen LogP contribution in [0.5, 0.6) is 5.75 Å². The molecule has 0 saturated carbocycles. The largest absolute Gasteiger partial charge is 0.484 e. The number of hydrogen-bond donors (Lipinski definition) is 1. The molecule has 0 radical (unpaired) electrons. The van der Waals surface area contributed by atoms with Gasteiger partial charge in [-0.3, -0.25) is 4.90 Å². The molecule has 1 amide bonds. The van der Waals surface area contributed by atoms with Crippen LogP contribution in [0.2, 0.25) is 5.02 Å². The van der Waals surface area contributed by atoms with Gasteiger partial charge in [0.25, 0.3) is 0 Å². The summed E-state index contributed by atoms with van der Waals surface area (Å²) in [6, 6.07) is 5.00. The molecule has 1 heterocycles. The van der Waals surface area contributed by atoms with Gasteiger partial charge in [-0.2, -0.15) is 0 Å². The molecule has 0 aromatic heterocycles. The number of anilines is 1. The number of halogens is 1. The van der Waals surface area contributed by atoms with E-state index >= 15 is 0 Å². The van der Waals surface area contributed by atoms with E-state index in [1.165, 1.54) is 4.90 Å². The molecule has 1 unspecified atom stereocenters. The predicted octanol–water partition coefficient (Wildman–Crippen LogP) is 2.83. The number of aliphatic hydroxyl groups excluding tert-OH is 1. The van der Waals surface area contributed by atoms with Crippen molar-refractivity contribution in [1.82, 2.24) is 0 Å². The fourth-order valence-electron chi connectivity index (χ4n) is 1.90. The number of amides is 1. The molecule has 0 bridgehead atoms. The zero-order valence-corrected chi connectivity index (χ0v) is 12.5. The molecule has 6 heteroatoms. The van der Waals surface area contributed by atoms with E-state index < -0.39 is 17.8 Å². The van der Waals surface area contributed by atoms with Gasteiger partial charge in [-0.1, -0.05) is 11.6 Å². The Labute approximate surface area is 123 Å². The number of nitrogens with zero attached hydrogens (tertiary/aromatic N) is 1. The molecule has 5 nitrogen and oxygen atoms in total. The highest BCUT2D eigenvalue weighted by molar-refractivity contribution is 6.31. The van der Waals surface area contributed by atoms with E-state index in [2.05, 4.69) is 0 Å². The van der Waals surface area contributed by atoms with Gasteiger partial charge >= 0.3 is 6.09 Å². The number of rotatable bonds is 1. The van der Waals surface area contributed by atoms with E-state index in [-0.39, 0.29) is 13.2 Å². The second kappa shape index (κ2) is 5.50. The lowest BCUT2D eigenvalue weighted by molar-refractivity contribution is 0.0519. The van der Waals surface area contributed by atoms with Crippen molar-refractivity contribution < 1.29 is 19.4 Å². The summed E-state index contributed by atoms with van der Waals surface area (Å²) in [5.41, 5.74) is -0.0421. The fraction of sp³-hybridized carbons (Fsp3) is 0.500. The van der Waals surface area contributed by atoms with Crippen LogP contribution in [0.15, 0.2) is 18.2 Å². The van der Waals surface area contributed by atoms with Crippen LogP contribution in [0.25, 0.3) is 0 Å². The van der Waals surface area contributed by atoms with Crippen molar-refractivity contribution in [2.24, 2.45) is 0 Å². The highest BCUT2D eigenvalue weighted by Crippen LogP contribution is 2.36. The topological polar surface area (TPSA) is 59.0 Å². The minimum absolute atomic E-state index is 0.179. The first-order chi connectivity index (χ1) is 9.30. The number of carbonyl (C=O) groups excluding carboxylic acids is 1. The maximum absolute atomic E-state index is 12.3. The van der Waals surface area contributed by atoms with Gasteiger partial charge in [0.1, 0.15) is 17.5 Å².